The molecule has 200 valence electrons. The van der Waals surface area contributed by atoms with Crippen LogP contribution in [0.4, 0.5) is 10.6 Å². The number of amides is 3. The highest BCUT2D eigenvalue weighted by atomic mass is 16.5. The lowest BCUT2D eigenvalue weighted by Gasteiger charge is -2.28. The summed E-state index contributed by atoms with van der Waals surface area (Å²) in [5.41, 5.74) is 1.77. The van der Waals surface area contributed by atoms with Gasteiger partial charge in [0, 0.05) is 51.4 Å². The van der Waals surface area contributed by atoms with E-state index in [1.807, 2.05) is 48.2 Å². The molecule has 10 nitrogen and oxygen atoms in total. The van der Waals surface area contributed by atoms with Crippen LogP contribution >= 0.6 is 0 Å². The zero-order valence-electron chi connectivity index (χ0n) is 21.9. The number of benzene rings is 1. The quantitative estimate of drug-likeness (QED) is 0.554. The first-order valence-electron chi connectivity index (χ1n) is 13.2. The van der Waals surface area contributed by atoms with Crippen LogP contribution in [0, 0.1) is 0 Å². The molecule has 2 aliphatic heterocycles. The van der Waals surface area contributed by atoms with E-state index in [0.29, 0.717) is 32.7 Å². The van der Waals surface area contributed by atoms with Crippen LogP contribution < -0.4 is 15.0 Å². The molecule has 2 aliphatic rings. The van der Waals surface area contributed by atoms with Crippen LogP contribution in [0.5, 0.6) is 5.75 Å². The highest BCUT2D eigenvalue weighted by Gasteiger charge is 2.27. The summed E-state index contributed by atoms with van der Waals surface area (Å²) in [5, 5.41) is 11.8. The molecule has 1 atom stereocenters. The standard InChI is InChI=1S/C27H38N6O4/c1-3-13-28-27(35)33(19-23-6-4-18-37-23)20-26(34)32-15-5-14-31(16-17-32)25-12-11-24(29-30-25)21-7-9-22(36-2)10-8-21/h7-12,23H,3-6,13-20H2,1-2H3,(H,28,35)/t23-/m1/s1. The lowest BCUT2D eigenvalue weighted by Crippen LogP contribution is -2.49. The number of methoxy groups -OCH3 is 1. The number of urea groups is 1. The van der Waals surface area contributed by atoms with Gasteiger partial charge in [-0.05, 0) is 62.1 Å². The Kier molecular flexibility index (Phi) is 9.53. The Morgan fingerprint density at radius 1 is 1.08 bits per heavy atom. The summed E-state index contributed by atoms with van der Waals surface area (Å²) >= 11 is 0. The molecule has 0 radical (unpaired) electrons. The molecule has 2 aromatic rings. The van der Waals surface area contributed by atoms with Crippen LogP contribution in [0.25, 0.3) is 11.3 Å². The van der Waals surface area contributed by atoms with Gasteiger partial charge in [0.05, 0.1) is 18.9 Å². The Hall–Kier alpha value is -3.40. The van der Waals surface area contributed by atoms with Crippen molar-refractivity contribution < 1.29 is 19.1 Å². The summed E-state index contributed by atoms with van der Waals surface area (Å²) in [7, 11) is 1.64. The number of hydrogen-bond acceptors (Lipinski definition) is 7. The monoisotopic (exact) mass is 510 g/mol. The minimum absolute atomic E-state index is 0.000683. The molecular formula is C27H38N6O4. The first-order chi connectivity index (χ1) is 18.1. The molecule has 10 heteroatoms. The van der Waals surface area contributed by atoms with Gasteiger partial charge in [0.2, 0.25) is 5.91 Å². The fourth-order valence-corrected chi connectivity index (χ4v) is 4.67. The van der Waals surface area contributed by atoms with Gasteiger partial charge in [-0.25, -0.2) is 4.79 Å². The van der Waals surface area contributed by atoms with Crippen LogP contribution in [0.3, 0.4) is 0 Å². The fourth-order valence-electron chi connectivity index (χ4n) is 4.67. The fraction of sp³-hybridized carbons (Fsp3) is 0.556. The second kappa shape index (κ2) is 13.2. The summed E-state index contributed by atoms with van der Waals surface area (Å²) in [6, 6.07) is 11.5. The zero-order valence-corrected chi connectivity index (χ0v) is 21.9. The molecule has 0 bridgehead atoms. The maximum atomic E-state index is 13.2. The molecule has 0 aliphatic carbocycles. The minimum atomic E-state index is -0.200. The summed E-state index contributed by atoms with van der Waals surface area (Å²) < 4.78 is 10.9. The van der Waals surface area contributed by atoms with Gasteiger partial charge < -0.3 is 29.5 Å². The molecule has 3 amide bonds. The van der Waals surface area contributed by atoms with Crippen molar-refractivity contribution in [3.8, 4) is 17.0 Å². The predicted octanol–water partition coefficient (Wildman–Crippen LogP) is 2.79. The average molecular weight is 511 g/mol. The van der Waals surface area contributed by atoms with Gasteiger partial charge in [0.1, 0.15) is 12.3 Å². The molecule has 1 N–H and O–H groups in total. The summed E-state index contributed by atoms with van der Waals surface area (Å²) in [6.07, 6.45) is 3.58. The van der Waals surface area contributed by atoms with Crippen LogP contribution in [0.2, 0.25) is 0 Å². The Morgan fingerprint density at radius 3 is 2.59 bits per heavy atom. The van der Waals surface area contributed by atoms with Crippen molar-refractivity contribution >= 4 is 17.8 Å². The van der Waals surface area contributed by atoms with E-state index in [4.69, 9.17) is 9.47 Å². The molecule has 2 saturated heterocycles. The third kappa shape index (κ3) is 7.31. The first kappa shape index (κ1) is 26.7. The van der Waals surface area contributed by atoms with Gasteiger partial charge >= 0.3 is 6.03 Å². The number of ether oxygens (including phenoxy) is 2. The number of anilines is 1. The number of aromatic nitrogens is 2. The van der Waals surface area contributed by atoms with Crippen LogP contribution in [0.1, 0.15) is 32.6 Å². The normalized spacial score (nSPS) is 17.8. The second-order valence-corrected chi connectivity index (χ2v) is 9.47. The smallest absolute Gasteiger partial charge is 0.317 e. The van der Waals surface area contributed by atoms with E-state index in [9.17, 15) is 9.59 Å². The number of rotatable bonds is 9. The van der Waals surface area contributed by atoms with Crippen molar-refractivity contribution in [3.63, 3.8) is 0 Å². The number of carbonyl (C=O) groups is 2. The van der Waals surface area contributed by atoms with E-state index in [1.165, 1.54) is 0 Å². The van der Waals surface area contributed by atoms with Crippen LogP contribution in [-0.4, -0.2) is 97.6 Å². The van der Waals surface area contributed by atoms with E-state index >= 15 is 0 Å². The number of nitrogens with one attached hydrogen (secondary N) is 1. The number of hydrogen-bond donors (Lipinski definition) is 1. The molecule has 1 aromatic carbocycles. The van der Waals surface area contributed by atoms with Gasteiger partial charge in [0.15, 0.2) is 5.82 Å². The molecule has 1 aromatic heterocycles. The van der Waals surface area contributed by atoms with Crippen molar-refractivity contribution in [2.24, 2.45) is 0 Å². The molecule has 37 heavy (non-hydrogen) atoms. The molecular weight excluding hydrogens is 472 g/mol. The average Bonchev–Trinajstić information content (AvgIpc) is 3.32. The second-order valence-electron chi connectivity index (χ2n) is 9.47. The molecule has 4 rings (SSSR count). The molecule has 2 fully saturated rings. The van der Waals surface area contributed by atoms with E-state index in [-0.39, 0.29) is 24.6 Å². The lowest BCUT2D eigenvalue weighted by atomic mass is 10.1. The maximum Gasteiger partial charge on any atom is 0.317 e. The van der Waals surface area contributed by atoms with Gasteiger partial charge in [-0.2, -0.15) is 0 Å². The predicted molar refractivity (Wildman–Crippen MR) is 142 cm³/mol. The third-order valence-electron chi connectivity index (χ3n) is 6.80. The van der Waals surface area contributed by atoms with Crippen LogP contribution in [0.15, 0.2) is 36.4 Å². The van der Waals surface area contributed by atoms with Crippen molar-refractivity contribution in [2.45, 2.75) is 38.7 Å². The zero-order chi connectivity index (χ0) is 26.0. The highest BCUT2D eigenvalue weighted by Crippen LogP contribution is 2.22. The summed E-state index contributed by atoms with van der Waals surface area (Å²) in [6.45, 7) is 6.50. The van der Waals surface area contributed by atoms with Crippen molar-refractivity contribution in [2.75, 3.05) is 64.4 Å². The van der Waals surface area contributed by atoms with Crippen molar-refractivity contribution in [3.05, 3.63) is 36.4 Å². The van der Waals surface area contributed by atoms with Crippen LogP contribution in [-0.2, 0) is 9.53 Å². The molecule has 0 spiro atoms. The van der Waals surface area contributed by atoms with Gasteiger partial charge in [0.25, 0.3) is 0 Å². The Balaban J connectivity index is 1.33. The molecule has 0 saturated carbocycles. The van der Waals surface area contributed by atoms with E-state index in [1.54, 1.807) is 12.0 Å². The van der Waals surface area contributed by atoms with Gasteiger partial charge in [-0.15, -0.1) is 10.2 Å². The van der Waals surface area contributed by atoms with E-state index in [2.05, 4.69) is 20.4 Å². The highest BCUT2D eigenvalue weighted by molar-refractivity contribution is 5.84. The van der Waals surface area contributed by atoms with E-state index in [0.717, 1.165) is 61.7 Å². The minimum Gasteiger partial charge on any atom is -0.497 e. The number of nitrogens with zero attached hydrogens (tertiary/aromatic N) is 5. The lowest BCUT2D eigenvalue weighted by molar-refractivity contribution is -0.131. The maximum absolute atomic E-state index is 13.2. The van der Waals surface area contributed by atoms with E-state index < -0.39 is 0 Å². The van der Waals surface area contributed by atoms with Crippen molar-refractivity contribution in [1.29, 1.82) is 0 Å². The SMILES string of the molecule is CCCNC(=O)N(CC(=O)N1CCCN(c2ccc(-c3ccc(OC)cc3)nn2)CC1)C[C@H]1CCCO1. The summed E-state index contributed by atoms with van der Waals surface area (Å²) in [5.74, 6) is 1.56. The first-order valence-corrected chi connectivity index (χ1v) is 13.2. The van der Waals surface area contributed by atoms with Crippen molar-refractivity contribution in [1.82, 2.24) is 25.3 Å². The largest absolute Gasteiger partial charge is 0.497 e. The topological polar surface area (TPSA) is 100 Å². The number of carbonyl (C=O) groups excluding carboxylic acids is 2. The third-order valence-corrected chi connectivity index (χ3v) is 6.80. The summed E-state index contributed by atoms with van der Waals surface area (Å²) in [4.78, 5) is 31.6. The Bertz CT molecular complexity index is 1010. The molecule has 3 heterocycles. The Morgan fingerprint density at radius 2 is 1.92 bits per heavy atom. The molecule has 0 unspecified atom stereocenters. The Labute approximate surface area is 218 Å². The van der Waals surface area contributed by atoms with Gasteiger partial charge in [-0.1, -0.05) is 6.92 Å². The van der Waals surface area contributed by atoms with Gasteiger partial charge in [-0.3, -0.25) is 4.79 Å².